The monoisotopic (exact) mass is 654 g/mol. The quantitative estimate of drug-likeness (QED) is 0.131. The minimum absolute atomic E-state index is 0. The van der Waals surface area contributed by atoms with Crippen LogP contribution in [0.4, 0.5) is 28.9 Å². The standard InChI is InChI=1S/2C13H14F2NO.2C5H5.Ti/c2*14-10-6-7-12(11(15)8-10)16-13(17)9-4-2-1-3-5-9;2*1-2-4-5-3-1;/h2*6-7,9H,1-5H2,(H,16,17);2*1-5H;/q4*-1;+4. The first-order valence-electron chi connectivity index (χ1n) is 15.0. The van der Waals surface area contributed by atoms with Crippen LogP contribution in [0.3, 0.4) is 0 Å². The molecule has 4 aromatic rings. The molecule has 0 aromatic heterocycles. The summed E-state index contributed by atoms with van der Waals surface area (Å²) in [7, 11) is 0. The first-order valence-corrected chi connectivity index (χ1v) is 15.0. The van der Waals surface area contributed by atoms with Crippen LogP contribution in [0.5, 0.6) is 0 Å². The molecule has 45 heavy (non-hydrogen) atoms. The van der Waals surface area contributed by atoms with Crippen molar-refractivity contribution in [2.24, 2.45) is 11.8 Å². The molecule has 2 saturated carbocycles. The number of hydrogen-bond acceptors (Lipinski definition) is 2. The molecular formula is C36H38F4N2O2Ti. The molecule has 0 radical (unpaired) electrons. The van der Waals surface area contributed by atoms with E-state index in [9.17, 15) is 27.2 Å². The van der Waals surface area contributed by atoms with Crippen molar-refractivity contribution in [3.05, 3.63) is 120 Å². The molecule has 0 saturated heterocycles. The first kappa shape index (κ1) is 37.7. The number of nitrogens with one attached hydrogen (secondary N) is 2. The van der Waals surface area contributed by atoms with Gasteiger partial charge in [-0.25, -0.2) is 41.8 Å². The molecule has 0 atom stereocenters. The molecule has 4 aromatic carbocycles. The number of amides is 2. The van der Waals surface area contributed by atoms with Gasteiger partial charge in [0, 0.05) is 35.1 Å². The second kappa shape index (κ2) is 21.3. The Labute approximate surface area is 278 Å². The zero-order valence-corrected chi connectivity index (χ0v) is 26.7. The summed E-state index contributed by atoms with van der Waals surface area (Å²) in [5, 5.41) is 4.99. The van der Waals surface area contributed by atoms with E-state index >= 15 is 0 Å². The summed E-state index contributed by atoms with van der Waals surface area (Å²) in [5.74, 6) is -3.69. The topological polar surface area (TPSA) is 58.2 Å². The van der Waals surface area contributed by atoms with Crippen LogP contribution in [0, 0.1) is 47.2 Å². The average molecular weight is 655 g/mol. The van der Waals surface area contributed by atoms with Gasteiger partial charge in [-0.05, 0) is 37.1 Å². The van der Waals surface area contributed by atoms with Crippen molar-refractivity contribution in [3.63, 3.8) is 0 Å². The predicted molar refractivity (Wildman–Crippen MR) is 165 cm³/mol. The summed E-state index contributed by atoms with van der Waals surface area (Å²) in [4.78, 5) is 23.6. The Morgan fingerprint density at radius 3 is 1.18 bits per heavy atom. The van der Waals surface area contributed by atoms with Gasteiger partial charge in [0.1, 0.15) is 0 Å². The van der Waals surface area contributed by atoms with Crippen LogP contribution in [0.25, 0.3) is 0 Å². The predicted octanol–water partition coefficient (Wildman–Crippen LogP) is 9.38. The average Bonchev–Trinajstić information content (AvgIpc) is 3.82. The van der Waals surface area contributed by atoms with E-state index in [0.29, 0.717) is 0 Å². The minimum atomic E-state index is -0.853. The van der Waals surface area contributed by atoms with Gasteiger partial charge < -0.3 is 10.6 Å². The van der Waals surface area contributed by atoms with Gasteiger partial charge in [-0.1, -0.05) is 38.5 Å². The van der Waals surface area contributed by atoms with E-state index < -0.39 is 23.3 Å². The maximum atomic E-state index is 13.3. The number of carbonyl (C=O) groups is 2. The van der Waals surface area contributed by atoms with Crippen LogP contribution in [-0.2, 0) is 31.3 Å². The molecule has 2 N–H and O–H groups in total. The van der Waals surface area contributed by atoms with Gasteiger partial charge in [-0.2, -0.15) is 36.4 Å². The number of hydrogen-bond donors (Lipinski definition) is 2. The van der Waals surface area contributed by atoms with Gasteiger partial charge >= 0.3 is 21.7 Å². The fourth-order valence-corrected chi connectivity index (χ4v) is 4.92. The van der Waals surface area contributed by atoms with Gasteiger partial charge in [0.15, 0.2) is 0 Å². The van der Waals surface area contributed by atoms with Crippen molar-refractivity contribution in [1.29, 1.82) is 0 Å². The van der Waals surface area contributed by atoms with Gasteiger partial charge in [-0.15, -0.1) is 36.4 Å². The summed E-state index contributed by atoms with van der Waals surface area (Å²) in [6.07, 6.45) is 9.84. The number of rotatable bonds is 4. The zero-order chi connectivity index (χ0) is 31.6. The SMILES string of the molecule is O=C(Nc1ccc(F)[c-]c1F)C1CCCCC1.O=C(Nc1ccc(F)[c-]c1F)C1CCCCC1.[Ti+4].c1cc[cH-]c1.c1cc[cH-]c1. The summed E-state index contributed by atoms with van der Waals surface area (Å²) in [5.41, 5.74) is 0.00365. The van der Waals surface area contributed by atoms with Crippen molar-refractivity contribution in [1.82, 2.24) is 0 Å². The second-order valence-electron chi connectivity index (χ2n) is 10.6. The molecule has 2 aliphatic carbocycles. The van der Waals surface area contributed by atoms with Crippen LogP contribution in [0.1, 0.15) is 64.2 Å². The van der Waals surface area contributed by atoms with Gasteiger partial charge in [0.25, 0.3) is 0 Å². The molecule has 0 aliphatic heterocycles. The van der Waals surface area contributed by atoms with E-state index in [1.54, 1.807) is 0 Å². The number of halogens is 4. The molecule has 0 spiro atoms. The van der Waals surface area contributed by atoms with E-state index in [0.717, 1.165) is 76.3 Å². The molecule has 236 valence electrons. The Kier molecular flexibility index (Phi) is 17.8. The van der Waals surface area contributed by atoms with Crippen LogP contribution in [0.2, 0.25) is 0 Å². The molecule has 4 nitrogen and oxygen atoms in total. The summed E-state index contributed by atoms with van der Waals surface area (Å²) in [6.45, 7) is 0. The molecule has 9 heteroatoms. The van der Waals surface area contributed by atoms with Crippen LogP contribution < -0.4 is 10.6 Å². The third kappa shape index (κ3) is 14.4. The number of anilines is 2. The van der Waals surface area contributed by atoms with E-state index in [-0.39, 0.29) is 56.7 Å². The summed E-state index contributed by atoms with van der Waals surface area (Å²) in [6, 6.07) is 28.4. The normalized spacial score (nSPS) is 14.5. The maximum absolute atomic E-state index is 13.3. The second-order valence-corrected chi connectivity index (χ2v) is 10.6. The Morgan fingerprint density at radius 2 is 0.911 bits per heavy atom. The first-order chi connectivity index (χ1) is 21.3. The van der Waals surface area contributed by atoms with Crippen LogP contribution >= 0.6 is 0 Å². The maximum Gasteiger partial charge on any atom is 4.00 e. The fraction of sp³-hybridized carbons (Fsp3) is 0.333. The summed E-state index contributed by atoms with van der Waals surface area (Å²) >= 11 is 0. The van der Waals surface area contributed by atoms with Crippen molar-refractivity contribution >= 4 is 23.2 Å². The Balaban J connectivity index is 0.000000235. The van der Waals surface area contributed by atoms with Crippen molar-refractivity contribution in [3.8, 4) is 0 Å². The molecule has 0 unspecified atom stereocenters. The third-order valence-corrected chi connectivity index (χ3v) is 7.30. The van der Waals surface area contributed by atoms with Gasteiger partial charge in [0.05, 0.1) is 0 Å². The van der Waals surface area contributed by atoms with Crippen molar-refractivity contribution < 1.29 is 48.9 Å². The Morgan fingerprint density at radius 1 is 0.578 bits per heavy atom. The number of benzene rings is 2. The van der Waals surface area contributed by atoms with E-state index in [1.807, 2.05) is 72.8 Å². The van der Waals surface area contributed by atoms with E-state index in [4.69, 9.17) is 0 Å². The summed E-state index contributed by atoms with van der Waals surface area (Å²) < 4.78 is 51.8. The minimum Gasteiger partial charge on any atom is -0.376 e. The van der Waals surface area contributed by atoms with E-state index in [2.05, 4.69) is 10.6 Å². The van der Waals surface area contributed by atoms with Gasteiger partial charge in [0.2, 0.25) is 11.8 Å². The van der Waals surface area contributed by atoms with Crippen LogP contribution in [0.15, 0.2) is 84.9 Å². The Hall–Kier alpha value is -3.49. The number of carbonyl (C=O) groups excluding carboxylic acids is 2. The molecule has 0 bridgehead atoms. The smallest absolute Gasteiger partial charge is 0.376 e. The van der Waals surface area contributed by atoms with Crippen LogP contribution in [-0.4, -0.2) is 11.8 Å². The van der Waals surface area contributed by atoms with Gasteiger partial charge in [-0.3, -0.25) is 9.59 Å². The molecule has 0 heterocycles. The van der Waals surface area contributed by atoms with Crippen molar-refractivity contribution in [2.75, 3.05) is 10.6 Å². The molecule has 2 aliphatic rings. The molecule has 2 amide bonds. The van der Waals surface area contributed by atoms with Crippen molar-refractivity contribution in [2.45, 2.75) is 64.2 Å². The molecule has 2 fully saturated rings. The zero-order valence-electron chi connectivity index (χ0n) is 25.1. The molecule has 6 rings (SSSR count). The Bertz CT molecular complexity index is 1230. The van der Waals surface area contributed by atoms with E-state index in [1.165, 1.54) is 12.1 Å². The molecular weight excluding hydrogens is 616 g/mol. The fourth-order valence-electron chi connectivity index (χ4n) is 4.92. The largest absolute Gasteiger partial charge is 4.00 e. The third-order valence-electron chi connectivity index (χ3n) is 7.30.